The van der Waals surface area contributed by atoms with E-state index in [1.807, 2.05) is 36.3 Å². The van der Waals surface area contributed by atoms with Crippen LogP contribution in [0.1, 0.15) is 25.2 Å². The lowest BCUT2D eigenvalue weighted by molar-refractivity contribution is 0.507. The highest BCUT2D eigenvalue weighted by Gasteiger charge is 2.10. The molecule has 0 aliphatic rings. The quantitative estimate of drug-likeness (QED) is 0.885. The van der Waals surface area contributed by atoms with Crippen molar-refractivity contribution in [1.82, 2.24) is 10.3 Å². The van der Waals surface area contributed by atoms with E-state index in [-0.39, 0.29) is 0 Å². The van der Waals surface area contributed by atoms with E-state index in [0.717, 1.165) is 23.7 Å². The Hall–Kier alpha value is -1.52. The van der Waals surface area contributed by atoms with E-state index >= 15 is 0 Å². The van der Waals surface area contributed by atoms with Crippen molar-refractivity contribution in [1.29, 1.82) is 0 Å². The molecule has 2 aromatic rings. The molecular formula is C15H20ClN3O. The minimum atomic E-state index is 0.440. The van der Waals surface area contributed by atoms with E-state index in [9.17, 15) is 0 Å². The number of nitrogens with one attached hydrogen (secondary N) is 1. The molecule has 1 N–H and O–H groups in total. The van der Waals surface area contributed by atoms with Gasteiger partial charge in [-0.15, -0.1) is 0 Å². The number of rotatable bonds is 6. The molecule has 20 heavy (non-hydrogen) atoms. The minimum Gasteiger partial charge on any atom is -0.467 e. The molecule has 2 heterocycles. The van der Waals surface area contributed by atoms with Crippen molar-refractivity contribution < 1.29 is 4.42 Å². The molecule has 108 valence electrons. The Morgan fingerprint density at radius 3 is 2.85 bits per heavy atom. The zero-order chi connectivity index (χ0) is 14.5. The molecule has 0 aliphatic carbocycles. The van der Waals surface area contributed by atoms with Gasteiger partial charge in [0.05, 0.1) is 17.8 Å². The fourth-order valence-electron chi connectivity index (χ4n) is 1.88. The van der Waals surface area contributed by atoms with Crippen LogP contribution in [-0.4, -0.2) is 18.1 Å². The lowest BCUT2D eigenvalue weighted by Gasteiger charge is -2.18. The van der Waals surface area contributed by atoms with Crippen LogP contribution < -0.4 is 10.2 Å². The maximum Gasteiger partial charge on any atom is 0.147 e. The number of pyridine rings is 1. The highest BCUT2D eigenvalue weighted by atomic mass is 35.5. The maximum atomic E-state index is 6.32. The molecule has 0 radical (unpaired) electrons. The second-order valence-corrected chi connectivity index (χ2v) is 5.53. The number of hydrogen-bond acceptors (Lipinski definition) is 4. The molecular weight excluding hydrogens is 274 g/mol. The van der Waals surface area contributed by atoms with Crippen molar-refractivity contribution in [3.05, 3.63) is 47.0 Å². The molecule has 0 saturated carbocycles. The Balaban J connectivity index is 2.05. The van der Waals surface area contributed by atoms with Crippen molar-refractivity contribution in [2.45, 2.75) is 33.0 Å². The molecule has 0 amide bonds. The summed E-state index contributed by atoms with van der Waals surface area (Å²) in [5.41, 5.74) is 1.08. The third kappa shape index (κ3) is 3.99. The molecule has 2 aromatic heterocycles. The number of aromatic nitrogens is 1. The van der Waals surface area contributed by atoms with E-state index < -0.39 is 0 Å². The van der Waals surface area contributed by atoms with Gasteiger partial charge in [0.25, 0.3) is 0 Å². The van der Waals surface area contributed by atoms with Gasteiger partial charge in [-0.2, -0.15) is 0 Å². The van der Waals surface area contributed by atoms with Crippen LogP contribution >= 0.6 is 11.6 Å². The molecule has 0 fully saturated rings. The fraction of sp³-hybridized carbons (Fsp3) is 0.400. The largest absolute Gasteiger partial charge is 0.467 e. The number of anilines is 1. The summed E-state index contributed by atoms with van der Waals surface area (Å²) in [5.74, 6) is 1.65. The van der Waals surface area contributed by atoms with Gasteiger partial charge < -0.3 is 14.6 Å². The number of hydrogen-bond donors (Lipinski definition) is 1. The van der Waals surface area contributed by atoms with Gasteiger partial charge in [-0.05, 0) is 23.8 Å². The lowest BCUT2D eigenvalue weighted by Crippen LogP contribution is -2.22. The van der Waals surface area contributed by atoms with E-state index in [0.29, 0.717) is 17.6 Å². The molecule has 4 nitrogen and oxygen atoms in total. The zero-order valence-electron chi connectivity index (χ0n) is 12.1. The van der Waals surface area contributed by atoms with Crippen LogP contribution in [-0.2, 0) is 13.1 Å². The van der Waals surface area contributed by atoms with E-state index in [4.69, 9.17) is 16.0 Å². The van der Waals surface area contributed by atoms with Crippen LogP contribution in [0.4, 0.5) is 5.82 Å². The van der Waals surface area contributed by atoms with Gasteiger partial charge in [0.2, 0.25) is 0 Å². The van der Waals surface area contributed by atoms with E-state index in [2.05, 4.69) is 24.1 Å². The van der Waals surface area contributed by atoms with Crippen LogP contribution in [0.3, 0.4) is 0 Å². The predicted octanol–water partition coefficient (Wildman–Crippen LogP) is 3.46. The van der Waals surface area contributed by atoms with Crippen molar-refractivity contribution in [3.63, 3.8) is 0 Å². The average molecular weight is 294 g/mol. The first kappa shape index (κ1) is 14.9. The lowest BCUT2D eigenvalue weighted by atomic mass is 10.2. The Morgan fingerprint density at radius 1 is 1.45 bits per heavy atom. The van der Waals surface area contributed by atoms with E-state index in [1.165, 1.54) is 0 Å². The summed E-state index contributed by atoms with van der Waals surface area (Å²) < 4.78 is 5.33. The summed E-state index contributed by atoms with van der Waals surface area (Å²) in [6, 6.07) is 6.21. The van der Waals surface area contributed by atoms with Gasteiger partial charge in [-0.3, -0.25) is 0 Å². The highest BCUT2D eigenvalue weighted by Crippen LogP contribution is 2.24. The monoisotopic (exact) mass is 293 g/mol. The first-order chi connectivity index (χ1) is 9.56. The molecule has 0 aromatic carbocycles. The minimum absolute atomic E-state index is 0.440. The Kier molecular flexibility index (Phi) is 5.04. The molecule has 2 rings (SSSR count). The zero-order valence-corrected chi connectivity index (χ0v) is 12.8. The number of nitrogens with zero attached hydrogens (tertiary/aromatic N) is 2. The molecule has 0 spiro atoms. The summed E-state index contributed by atoms with van der Waals surface area (Å²) in [5, 5.41) is 4.00. The smallest absolute Gasteiger partial charge is 0.147 e. The van der Waals surface area contributed by atoms with Gasteiger partial charge >= 0.3 is 0 Å². The van der Waals surface area contributed by atoms with Gasteiger partial charge in [0, 0.05) is 25.8 Å². The standard InChI is InChI=1S/C15H20ClN3O/c1-11(2)17-8-12-7-14(16)15(18-9-12)19(3)10-13-5-4-6-20-13/h4-7,9,11,17H,8,10H2,1-3H3. The third-order valence-corrected chi connectivity index (χ3v) is 3.21. The average Bonchev–Trinajstić information content (AvgIpc) is 2.89. The van der Waals surface area contributed by atoms with Crippen molar-refractivity contribution in [3.8, 4) is 0 Å². The van der Waals surface area contributed by atoms with E-state index in [1.54, 1.807) is 6.26 Å². The second-order valence-electron chi connectivity index (χ2n) is 5.12. The summed E-state index contributed by atoms with van der Waals surface area (Å²) in [6.45, 7) is 5.64. The van der Waals surface area contributed by atoms with Crippen LogP contribution in [0.5, 0.6) is 0 Å². The van der Waals surface area contributed by atoms with Gasteiger partial charge in [0.15, 0.2) is 0 Å². The molecule has 0 atom stereocenters. The third-order valence-electron chi connectivity index (χ3n) is 2.93. The van der Waals surface area contributed by atoms with Crippen LogP contribution in [0.15, 0.2) is 35.1 Å². The summed E-state index contributed by atoms with van der Waals surface area (Å²) in [4.78, 5) is 6.42. The molecule has 0 saturated heterocycles. The highest BCUT2D eigenvalue weighted by molar-refractivity contribution is 6.33. The van der Waals surface area contributed by atoms with Crippen LogP contribution in [0, 0.1) is 0 Å². The van der Waals surface area contributed by atoms with Crippen LogP contribution in [0.25, 0.3) is 0 Å². The normalized spacial score (nSPS) is 11.1. The SMILES string of the molecule is CC(C)NCc1cnc(N(C)Cc2ccco2)c(Cl)c1. The van der Waals surface area contributed by atoms with Crippen molar-refractivity contribution >= 4 is 17.4 Å². The van der Waals surface area contributed by atoms with Gasteiger partial charge in [0.1, 0.15) is 11.6 Å². The molecule has 0 bridgehead atoms. The first-order valence-corrected chi connectivity index (χ1v) is 7.05. The molecule has 5 heteroatoms. The molecule has 0 aliphatic heterocycles. The topological polar surface area (TPSA) is 41.3 Å². The van der Waals surface area contributed by atoms with Crippen molar-refractivity contribution in [2.75, 3.05) is 11.9 Å². The Labute approximate surface area is 124 Å². The Bertz CT molecular complexity index is 540. The summed E-state index contributed by atoms with van der Waals surface area (Å²) in [6.07, 6.45) is 3.52. The molecule has 0 unspecified atom stereocenters. The van der Waals surface area contributed by atoms with Gasteiger partial charge in [-0.25, -0.2) is 4.98 Å². The Morgan fingerprint density at radius 2 is 2.25 bits per heavy atom. The maximum absolute atomic E-state index is 6.32. The van der Waals surface area contributed by atoms with Crippen LogP contribution in [0.2, 0.25) is 5.02 Å². The summed E-state index contributed by atoms with van der Waals surface area (Å²) in [7, 11) is 1.95. The first-order valence-electron chi connectivity index (χ1n) is 6.67. The number of furan rings is 1. The fourth-order valence-corrected chi connectivity index (χ4v) is 2.21. The van der Waals surface area contributed by atoms with Crippen molar-refractivity contribution in [2.24, 2.45) is 0 Å². The predicted molar refractivity (Wildman–Crippen MR) is 82.0 cm³/mol. The second kappa shape index (κ2) is 6.77. The summed E-state index contributed by atoms with van der Waals surface area (Å²) >= 11 is 6.32. The van der Waals surface area contributed by atoms with Gasteiger partial charge in [-0.1, -0.05) is 25.4 Å². The number of halogens is 1.